The van der Waals surface area contributed by atoms with Crippen LogP contribution in [0, 0.1) is 12.7 Å². The van der Waals surface area contributed by atoms with E-state index >= 15 is 0 Å². The SMILES string of the molecule is CC[C@H](C(=O)N(C)Cc1ccc(C)cc1)N(c1ccc(F)cc1)S(C)(=O)=O. The van der Waals surface area contributed by atoms with Crippen molar-refractivity contribution < 1.29 is 17.6 Å². The van der Waals surface area contributed by atoms with E-state index in [1.54, 1.807) is 14.0 Å². The fourth-order valence-corrected chi connectivity index (χ4v) is 4.14. The molecule has 0 heterocycles. The van der Waals surface area contributed by atoms with Crippen molar-refractivity contribution in [1.29, 1.82) is 0 Å². The van der Waals surface area contributed by atoms with Gasteiger partial charge in [0.05, 0.1) is 11.9 Å². The summed E-state index contributed by atoms with van der Waals surface area (Å²) in [5.41, 5.74) is 2.35. The maximum atomic E-state index is 13.2. The lowest BCUT2D eigenvalue weighted by Crippen LogP contribution is -2.49. The van der Waals surface area contributed by atoms with Gasteiger partial charge in [0, 0.05) is 13.6 Å². The standard InChI is InChI=1S/C20H25FN2O3S/c1-5-19(20(24)22(3)14-16-8-6-15(2)7-9-16)23(27(4,25)26)18-12-10-17(21)11-13-18/h6-13,19H,5,14H2,1-4H3/t19-/m1/s1. The van der Waals surface area contributed by atoms with Crippen molar-refractivity contribution in [3.63, 3.8) is 0 Å². The zero-order valence-electron chi connectivity index (χ0n) is 16.0. The molecule has 1 amide bonds. The van der Waals surface area contributed by atoms with E-state index in [1.807, 2.05) is 31.2 Å². The van der Waals surface area contributed by atoms with Crippen LogP contribution in [0.4, 0.5) is 10.1 Å². The van der Waals surface area contributed by atoms with E-state index in [9.17, 15) is 17.6 Å². The molecular formula is C20H25FN2O3S. The van der Waals surface area contributed by atoms with Crippen LogP contribution in [-0.2, 0) is 21.4 Å². The molecule has 0 saturated carbocycles. The van der Waals surface area contributed by atoms with Crippen LogP contribution in [-0.4, -0.2) is 38.6 Å². The number of amides is 1. The Balaban J connectivity index is 2.30. The molecule has 0 aliphatic rings. The molecule has 0 unspecified atom stereocenters. The van der Waals surface area contributed by atoms with Gasteiger partial charge in [-0.2, -0.15) is 0 Å². The molecule has 0 fully saturated rings. The van der Waals surface area contributed by atoms with Gasteiger partial charge in [0.25, 0.3) is 0 Å². The molecule has 0 bridgehead atoms. The predicted octanol–water partition coefficient (Wildman–Crippen LogP) is 3.34. The minimum Gasteiger partial charge on any atom is -0.340 e. The number of aryl methyl sites for hydroxylation is 1. The Morgan fingerprint density at radius 1 is 1.07 bits per heavy atom. The molecule has 27 heavy (non-hydrogen) atoms. The molecule has 5 nitrogen and oxygen atoms in total. The predicted molar refractivity (Wildman–Crippen MR) is 105 cm³/mol. The Morgan fingerprint density at radius 3 is 2.11 bits per heavy atom. The number of nitrogens with zero attached hydrogens (tertiary/aromatic N) is 2. The van der Waals surface area contributed by atoms with Crippen LogP contribution < -0.4 is 4.31 Å². The number of hydrogen-bond donors (Lipinski definition) is 0. The molecule has 0 N–H and O–H groups in total. The summed E-state index contributed by atoms with van der Waals surface area (Å²) in [5.74, 6) is -0.782. The second-order valence-electron chi connectivity index (χ2n) is 6.64. The van der Waals surface area contributed by atoms with Gasteiger partial charge in [-0.15, -0.1) is 0 Å². The van der Waals surface area contributed by atoms with E-state index in [2.05, 4.69) is 0 Å². The Bertz CT molecular complexity index is 880. The van der Waals surface area contributed by atoms with Crippen molar-refractivity contribution in [1.82, 2.24) is 4.90 Å². The van der Waals surface area contributed by atoms with E-state index in [0.717, 1.165) is 21.7 Å². The van der Waals surface area contributed by atoms with Gasteiger partial charge >= 0.3 is 0 Å². The van der Waals surface area contributed by atoms with Crippen LogP contribution in [0.2, 0.25) is 0 Å². The minimum atomic E-state index is -3.74. The van der Waals surface area contributed by atoms with Crippen molar-refractivity contribution in [2.24, 2.45) is 0 Å². The van der Waals surface area contributed by atoms with Crippen molar-refractivity contribution in [2.45, 2.75) is 32.9 Å². The van der Waals surface area contributed by atoms with E-state index in [0.29, 0.717) is 13.0 Å². The van der Waals surface area contributed by atoms with Gasteiger partial charge in [-0.1, -0.05) is 36.8 Å². The van der Waals surface area contributed by atoms with Crippen LogP contribution in [0.3, 0.4) is 0 Å². The zero-order valence-corrected chi connectivity index (χ0v) is 16.8. The Labute approximate surface area is 160 Å². The summed E-state index contributed by atoms with van der Waals surface area (Å²) in [6.45, 7) is 4.11. The average molecular weight is 392 g/mol. The first kappa shape index (κ1) is 20.9. The number of benzene rings is 2. The summed E-state index contributed by atoms with van der Waals surface area (Å²) >= 11 is 0. The maximum Gasteiger partial charge on any atom is 0.246 e. The average Bonchev–Trinajstić information content (AvgIpc) is 2.61. The number of hydrogen-bond acceptors (Lipinski definition) is 3. The Morgan fingerprint density at radius 2 is 1.63 bits per heavy atom. The molecule has 0 saturated heterocycles. The summed E-state index contributed by atoms with van der Waals surface area (Å²) in [5, 5.41) is 0. The van der Waals surface area contributed by atoms with Crippen molar-refractivity contribution in [2.75, 3.05) is 17.6 Å². The third-order valence-corrected chi connectivity index (χ3v) is 5.49. The highest BCUT2D eigenvalue weighted by molar-refractivity contribution is 7.92. The van der Waals surface area contributed by atoms with Crippen LogP contribution in [0.1, 0.15) is 24.5 Å². The molecule has 0 aromatic heterocycles. The summed E-state index contributed by atoms with van der Waals surface area (Å²) < 4.78 is 39.1. The number of halogens is 1. The topological polar surface area (TPSA) is 57.7 Å². The van der Waals surface area contributed by atoms with Crippen LogP contribution in [0.25, 0.3) is 0 Å². The van der Waals surface area contributed by atoms with Gasteiger partial charge in [0.1, 0.15) is 11.9 Å². The molecule has 2 rings (SSSR count). The molecule has 7 heteroatoms. The quantitative estimate of drug-likeness (QED) is 0.726. The minimum absolute atomic E-state index is 0.267. The first-order valence-electron chi connectivity index (χ1n) is 8.69. The number of carbonyl (C=O) groups excluding carboxylic acids is 1. The molecule has 0 aliphatic heterocycles. The first-order valence-corrected chi connectivity index (χ1v) is 10.5. The maximum absolute atomic E-state index is 13.2. The van der Waals surface area contributed by atoms with Gasteiger partial charge in [-0.25, -0.2) is 12.8 Å². The van der Waals surface area contributed by atoms with Gasteiger partial charge in [0.15, 0.2) is 0 Å². The molecule has 2 aromatic rings. The fraction of sp³-hybridized carbons (Fsp3) is 0.350. The second kappa shape index (κ2) is 8.52. The Hall–Kier alpha value is -2.41. The van der Waals surface area contributed by atoms with Crippen molar-refractivity contribution >= 4 is 21.6 Å². The lowest BCUT2D eigenvalue weighted by Gasteiger charge is -2.32. The van der Waals surface area contributed by atoms with Crippen LogP contribution >= 0.6 is 0 Å². The van der Waals surface area contributed by atoms with Gasteiger partial charge in [-0.05, 0) is 43.2 Å². The highest BCUT2D eigenvalue weighted by Gasteiger charge is 2.33. The van der Waals surface area contributed by atoms with Crippen molar-refractivity contribution in [3.05, 3.63) is 65.5 Å². The highest BCUT2D eigenvalue weighted by Crippen LogP contribution is 2.24. The van der Waals surface area contributed by atoms with E-state index in [-0.39, 0.29) is 11.6 Å². The lowest BCUT2D eigenvalue weighted by molar-refractivity contribution is -0.131. The van der Waals surface area contributed by atoms with Gasteiger partial charge < -0.3 is 4.90 Å². The van der Waals surface area contributed by atoms with E-state index < -0.39 is 21.9 Å². The molecule has 1 atom stereocenters. The lowest BCUT2D eigenvalue weighted by atomic mass is 10.1. The Kier molecular flexibility index (Phi) is 6.59. The summed E-state index contributed by atoms with van der Waals surface area (Å²) in [7, 11) is -2.09. The fourth-order valence-electron chi connectivity index (χ4n) is 2.93. The number of sulfonamides is 1. The molecule has 2 aromatic carbocycles. The van der Waals surface area contributed by atoms with Crippen molar-refractivity contribution in [3.8, 4) is 0 Å². The largest absolute Gasteiger partial charge is 0.340 e. The third-order valence-electron chi connectivity index (χ3n) is 4.31. The molecule has 0 aliphatic carbocycles. The molecule has 146 valence electrons. The van der Waals surface area contributed by atoms with Gasteiger partial charge in [0.2, 0.25) is 15.9 Å². The van der Waals surface area contributed by atoms with Crippen LogP contribution in [0.15, 0.2) is 48.5 Å². The normalized spacial score (nSPS) is 12.5. The van der Waals surface area contributed by atoms with E-state index in [4.69, 9.17) is 0 Å². The first-order chi connectivity index (χ1) is 12.6. The molecular weight excluding hydrogens is 367 g/mol. The highest BCUT2D eigenvalue weighted by atomic mass is 32.2. The number of likely N-dealkylation sites (N-methyl/N-ethyl adjacent to an activating group) is 1. The third kappa shape index (κ3) is 5.29. The smallest absolute Gasteiger partial charge is 0.246 e. The molecule has 0 radical (unpaired) electrons. The monoisotopic (exact) mass is 392 g/mol. The number of anilines is 1. The second-order valence-corrected chi connectivity index (χ2v) is 8.50. The van der Waals surface area contributed by atoms with Gasteiger partial charge in [-0.3, -0.25) is 9.10 Å². The summed E-state index contributed by atoms with van der Waals surface area (Å²) in [6, 6.07) is 12.0. The summed E-state index contributed by atoms with van der Waals surface area (Å²) in [4.78, 5) is 14.5. The molecule has 0 spiro atoms. The number of rotatable bonds is 7. The van der Waals surface area contributed by atoms with E-state index in [1.165, 1.54) is 29.2 Å². The van der Waals surface area contributed by atoms with Crippen LogP contribution in [0.5, 0.6) is 0 Å². The number of carbonyl (C=O) groups is 1. The zero-order chi connectivity index (χ0) is 20.2. The summed E-state index contributed by atoms with van der Waals surface area (Å²) in [6.07, 6.45) is 1.34.